The van der Waals surface area contributed by atoms with Crippen molar-refractivity contribution >= 4 is 29.4 Å². The number of carbonyl (C=O) groups is 1. The Morgan fingerprint density at radius 1 is 0.806 bits per heavy atom. The van der Waals surface area contributed by atoms with Crippen molar-refractivity contribution in [2.24, 2.45) is 5.73 Å². The van der Waals surface area contributed by atoms with Crippen LogP contribution in [0.25, 0.3) is 0 Å². The van der Waals surface area contributed by atoms with Crippen LogP contribution in [0, 0.1) is 0 Å². The van der Waals surface area contributed by atoms with Crippen LogP contribution < -0.4 is 11.1 Å². The van der Waals surface area contributed by atoms with Crippen molar-refractivity contribution in [1.82, 2.24) is 15.1 Å². The van der Waals surface area contributed by atoms with Crippen LogP contribution in [0.1, 0.15) is 34.3 Å². The first-order valence-electron chi connectivity index (χ1n) is 12.7. The first-order chi connectivity index (χ1) is 17.6. The lowest BCUT2D eigenvalue weighted by molar-refractivity contribution is -0.124. The van der Waals surface area contributed by atoms with Gasteiger partial charge in [0.2, 0.25) is 5.91 Å². The molecule has 3 N–H and O–H groups in total. The van der Waals surface area contributed by atoms with Crippen LogP contribution >= 0.6 is 23.5 Å². The molecule has 7 rings (SSSR count). The van der Waals surface area contributed by atoms with Crippen LogP contribution in [0.15, 0.2) is 84.9 Å². The van der Waals surface area contributed by atoms with E-state index in [0.29, 0.717) is 0 Å². The summed E-state index contributed by atoms with van der Waals surface area (Å²) in [6.07, 6.45) is 0. The largest absolute Gasteiger partial charge is 0.328 e. The number of hydrogen-bond acceptors (Lipinski definition) is 6. The lowest BCUT2D eigenvalue weighted by Crippen LogP contribution is -2.56. The van der Waals surface area contributed by atoms with Crippen LogP contribution in [-0.2, 0) is 9.00 Å². The Kier molecular flexibility index (Phi) is 6.84. The number of carbonyl (C=O) groups excluding carboxylic acids is 1. The summed E-state index contributed by atoms with van der Waals surface area (Å²) in [5.74, 6) is 1.99. The third-order valence-corrected chi connectivity index (χ3v) is 10.9. The van der Waals surface area contributed by atoms with Crippen molar-refractivity contribution in [3.8, 4) is 0 Å². The lowest BCUT2D eigenvalue weighted by atomic mass is 9.94. The SMILES string of the molecule is NC1C(=O)NC2(SCCS2)c2ccc(cc2)C1N1CCN(C(c2ccccc2)c2ccccc2)CC1. The average molecular weight is 517 g/mol. The van der Waals surface area contributed by atoms with Gasteiger partial charge in [-0.3, -0.25) is 14.6 Å². The Hall–Kier alpha value is -2.29. The third-order valence-electron chi connectivity index (χ3n) is 7.59. The van der Waals surface area contributed by atoms with Gasteiger partial charge in [0.1, 0.15) is 6.04 Å². The molecule has 5 nitrogen and oxygen atoms in total. The zero-order chi connectivity index (χ0) is 24.5. The maximum atomic E-state index is 13.4. The maximum absolute atomic E-state index is 13.4. The molecule has 0 radical (unpaired) electrons. The summed E-state index contributed by atoms with van der Waals surface area (Å²) in [7, 11) is 0. The monoisotopic (exact) mass is 516 g/mol. The van der Waals surface area contributed by atoms with Crippen LogP contribution in [-0.4, -0.2) is 59.4 Å². The zero-order valence-electron chi connectivity index (χ0n) is 20.3. The first-order valence-corrected chi connectivity index (χ1v) is 14.7. The highest BCUT2D eigenvalue weighted by atomic mass is 32.2. The molecule has 36 heavy (non-hydrogen) atoms. The quantitative estimate of drug-likeness (QED) is 0.543. The smallest absolute Gasteiger partial charge is 0.240 e. The van der Waals surface area contributed by atoms with E-state index in [2.05, 4.69) is 100 Å². The fraction of sp³-hybridized carbons (Fsp3) is 0.345. The van der Waals surface area contributed by atoms with Crippen molar-refractivity contribution in [1.29, 1.82) is 0 Å². The topological polar surface area (TPSA) is 61.6 Å². The minimum absolute atomic E-state index is 0.0572. The molecule has 0 saturated carbocycles. The molecule has 4 aliphatic heterocycles. The highest BCUT2D eigenvalue weighted by molar-refractivity contribution is 8.20. The fourth-order valence-corrected chi connectivity index (χ4v) is 8.84. The van der Waals surface area contributed by atoms with Crippen molar-refractivity contribution in [3.05, 3.63) is 107 Å². The molecule has 0 aromatic heterocycles. The van der Waals surface area contributed by atoms with Crippen molar-refractivity contribution in [2.75, 3.05) is 37.7 Å². The number of nitrogens with two attached hydrogens (primary N) is 1. The number of amides is 1. The van der Waals surface area contributed by atoms with Crippen molar-refractivity contribution in [3.63, 3.8) is 0 Å². The Bertz CT molecular complexity index is 1140. The van der Waals surface area contributed by atoms with Crippen LogP contribution in [0.4, 0.5) is 0 Å². The maximum Gasteiger partial charge on any atom is 0.240 e. The molecule has 2 atom stereocenters. The summed E-state index contributed by atoms with van der Waals surface area (Å²) in [6, 6.07) is 29.7. The van der Waals surface area contributed by atoms with E-state index >= 15 is 0 Å². The Labute approximate surface area is 221 Å². The van der Waals surface area contributed by atoms with E-state index in [9.17, 15) is 4.79 Å². The predicted molar refractivity (Wildman–Crippen MR) is 150 cm³/mol. The number of hydrogen-bond donors (Lipinski definition) is 2. The number of thioether (sulfide) groups is 2. The van der Waals surface area contributed by atoms with Gasteiger partial charge >= 0.3 is 0 Å². The molecule has 4 heterocycles. The molecule has 3 aromatic carbocycles. The molecule has 1 spiro atoms. The van der Waals surface area contributed by atoms with Crippen molar-refractivity contribution < 1.29 is 4.79 Å². The van der Waals surface area contributed by atoms with Gasteiger partial charge in [-0.15, -0.1) is 23.5 Å². The van der Waals surface area contributed by atoms with E-state index < -0.39 is 10.2 Å². The third kappa shape index (κ3) is 4.48. The van der Waals surface area contributed by atoms with E-state index in [4.69, 9.17) is 5.73 Å². The number of rotatable bonds is 4. The summed E-state index contributed by atoms with van der Waals surface area (Å²) in [5, 5.41) is 3.32. The number of nitrogens with one attached hydrogen (secondary N) is 1. The zero-order valence-corrected chi connectivity index (χ0v) is 21.9. The van der Waals surface area contributed by atoms with E-state index in [-0.39, 0.29) is 18.0 Å². The van der Waals surface area contributed by atoms with Gasteiger partial charge in [0, 0.05) is 37.7 Å². The second-order valence-electron chi connectivity index (χ2n) is 9.69. The molecule has 2 bridgehead atoms. The second-order valence-corrected chi connectivity index (χ2v) is 12.6. The van der Waals surface area contributed by atoms with Gasteiger partial charge in [0.05, 0.1) is 12.1 Å². The summed E-state index contributed by atoms with van der Waals surface area (Å²) >= 11 is 3.61. The number of piperazine rings is 1. The first kappa shape index (κ1) is 24.1. The molecular formula is C29H32N4OS2. The number of nitrogens with zero attached hydrogens (tertiary/aromatic N) is 2. The van der Waals surface area contributed by atoms with Gasteiger partial charge in [-0.25, -0.2) is 0 Å². The van der Waals surface area contributed by atoms with E-state index in [0.717, 1.165) is 48.8 Å². The van der Waals surface area contributed by atoms with Crippen molar-refractivity contribution in [2.45, 2.75) is 22.3 Å². The van der Waals surface area contributed by atoms with Gasteiger partial charge in [-0.1, -0.05) is 84.9 Å². The highest BCUT2D eigenvalue weighted by Gasteiger charge is 2.44. The molecule has 2 unspecified atom stereocenters. The summed E-state index contributed by atoms with van der Waals surface area (Å²) in [4.78, 5) is 18.4. The normalized spacial score (nSPS) is 24.4. The Balaban J connectivity index is 1.24. The summed E-state index contributed by atoms with van der Waals surface area (Å²) in [5.41, 5.74) is 11.6. The standard InChI is InChI=1S/C29H32N4OS2/c30-25-27(23-11-13-24(14-12-23)29(31-28(25)34)35-19-20-36-29)33-17-15-32(16-18-33)26(21-7-3-1-4-8-21)22-9-5-2-6-10-22/h1-14,25-27H,15-20,30H2,(H,31,34). The molecule has 3 aromatic rings. The van der Waals surface area contributed by atoms with Gasteiger partial charge < -0.3 is 11.1 Å². The molecule has 4 aliphatic rings. The molecule has 2 saturated heterocycles. The predicted octanol–water partition coefficient (Wildman–Crippen LogP) is 4.18. The van der Waals surface area contributed by atoms with Crippen LogP contribution in [0.2, 0.25) is 0 Å². The summed E-state index contributed by atoms with van der Waals surface area (Å²) in [6.45, 7) is 3.54. The number of benzene rings is 3. The molecule has 2 fully saturated rings. The Morgan fingerprint density at radius 2 is 1.36 bits per heavy atom. The molecular weight excluding hydrogens is 484 g/mol. The van der Waals surface area contributed by atoms with E-state index in [1.165, 1.54) is 11.1 Å². The lowest BCUT2D eigenvalue weighted by Gasteiger charge is -2.44. The molecule has 7 heteroatoms. The highest BCUT2D eigenvalue weighted by Crippen LogP contribution is 2.50. The van der Waals surface area contributed by atoms with E-state index in [1.807, 2.05) is 0 Å². The van der Waals surface area contributed by atoms with Gasteiger partial charge in [-0.2, -0.15) is 0 Å². The Morgan fingerprint density at radius 3 is 1.92 bits per heavy atom. The minimum Gasteiger partial charge on any atom is -0.328 e. The summed E-state index contributed by atoms with van der Waals surface area (Å²) < 4.78 is -0.417. The molecule has 1 amide bonds. The van der Waals surface area contributed by atoms with Gasteiger partial charge in [0.25, 0.3) is 0 Å². The second kappa shape index (κ2) is 10.2. The average Bonchev–Trinajstić information content (AvgIpc) is 3.42. The fourth-order valence-electron chi connectivity index (χ4n) is 5.82. The van der Waals surface area contributed by atoms with Crippen LogP contribution in [0.5, 0.6) is 0 Å². The molecule has 186 valence electrons. The van der Waals surface area contributed by atoms with E-state index in [1.54, 1.807) is 23.5 Å². The van der Waals surface area contributed by atoms with Gasteiger partial charge in [0.15, 0.2) is 4.20 Å². The minimum atomic E-state index is -0.615. The van der Waals surface area contributed by atoms with Gasteiger partial charge in [-0.05, 0) is 22.3 Å². The molecule has 0 aliphatic carbocycles. The van der Waals surface area contributed by atoms with Crippen LogP contribution in [0.3, 0.4) is 0 Å². The number of fused-ring (bicyclic) bond motifs is 5.